The third-order valence-corrected chi connectivity index (χ3v) is 4.33. The number of hydrogen-bond donors (Lipinski definition) is 1. The Morgan fingerprint density at radius 1 is 1.29 bits per heavy atom. The molecular formula is C15H17BrN4O. The molecule has 0 aliphatic carbocycles. The molecule has 1 aliphatic rings. The molecule has 2 heterocycles. The van der Waals surface area contributed by atoms with Crippen LogP contribution in [0.2, 0.25) is 0 Å². The molecule has 5 nitrogen and oxygen atoms in total. The van der Waals surface area contributed by atoms with Gasteiger partial charge in [0, 0.05) is 54.8 Å². The van der Waals surface area contributed by atoms with Gasteiger partial charge in [0.15, 0.2) is 0 Å². The Bertz CT molecular complexity index is 695. The Morgan fingerprint density at radius 3 is 2.67 bits per heavy atom. The molecule has 1 aromatic carbocycles. The van der Waals surface area contributed by atoms with Gasteiger partial charge in [0.05, 0.1) is 11.2 Å². The second kappa shape index (κ2) is 5.52. The topological polar surface area (TPSA) is 62.5 Å². The number of carbonyl (C=O) groups excluding carboxylic acids is 1. The van der Waals surface area contributed by atoms with E-state index in [4.69, 9.17) is 5.73 Å². The lowest BCUT2D eigenvalue weighted by Gasteiger charge is -2.36. The summed E-state index contributed by atoms with van der Waals surface area (Å²) in [6, 6.07) is 5.93. The van der Waals surface area contributed by atoms with Crippen molar-refractivity contribution in [3.05, 3.63) is 28.9 Å². The van der Waals surface area contributed by atoms with Gasteiger partial charge in [-0.25, -0.2) is 0 Å². The number of anilines is 2. The third kappa shape index (κ3) is 2.68. The molecular weight excluding hydrogens is 332 g/mol. The fourth-order valence-corrected chi connectivity index (χ4v) is 3.05. The summed E-state index contributed by atoms with van der Waals surface area (Å²) in [5.74, 6) is 0.138. The maximum Gasteiger partial charge on any atom is 0.219 e. The Balaban J connectivity index is 1.95. The van der Waals surface area contributed by atoms with Gasteiger partial charge in [-0.05, 0) is 34.1 Å². The maximum absolute atomic E-state index is 11.4. The highest BCUT2D eigenvalue weighted by molar-refractivity contribution is 9.10. The van der Waals surface area contributed by atoms with Gasteiger partial charge in [-0.15, -0.1) is 0 Å². The number of halogens is 1. The van der Waals surface area contributed by atoms with E-state index < -0.39 is 0 Å². The number of benzene rings is 1. The number of nitrogens with two attached hydrogens (primary N) is 1. The Labute approximate surface area is 131 Å². The molecule has 3 rings (SSSR count). The van der Waals surface area contributed by atoms with Crippen molar-refractivity contribution < 1.29 is 4.79 Å². The molecule has 6 heteroatoms. The molecule has 1 saturated heterocycles. The molecule has 2 aromatic rings. The third-order valence-electron chi connectivity index (χ3n) is 3.89. The molecule has 0 saturated carbocycles. The molecule has 0 atom stereocenters. The van der Waals surface area contributed by atoms with E-state index in [0.29, 0.717) is 0 Å². The van der Waals surface area contributed by atoms with Gasteiger partial charge >= 0.3 is 0 Å². The van der Waals surface area contributed by atoms with E-state index >= 15 is 0 Å². The molecule has 0 unspecified atom stereocenters. The predicted octanol–water partition coefficient (Wildman–Crippen LogP) is 2.25. The van der Waals surface area contributed by atoms with Crippen molar-refractivity contribution in [1.29, 1.82) is 0 Å². The van der Waals surface area contributed by atoms with Crippen LogP contribution in [0.4, 0.5) is 11.4 Å². The summed E-state index contributed by atoms with van der Waals surface area (Å²) in [4.78, 5) is 20.1. The largest absolute Gasteiger partial charge is 0.398 e. The number of nitrogens with zero attached hydrogens (tertiary/aromatic N) is 3. The van der Waals surface area contributed by atoms with Crippen LogP contribution in [0.1, 0.15) is 6.92 Å². The summed E-state index contributed by atoms with van der Waals surface area (Å²) in [6.07, 6.45) is 1.79. The average molecular weight is 349 g/mol. The zero-order valence-corrected chi connectivity index (χ0v) is 13.4. The first-order valence-corrected chi connectivity index (χ1v) is 7.70. The molecule has 110 valence electrons. The van der Waals surface area contributed by atoms with Crippen LogP contribution in [0.15, 0.2) is 28.9 Å². The Kier molecular flexibility index (Phi) is 3.71. The van der Waals surface area contributed by atoms with E-state index in [1.165, 1.54) is 0 Å². The van der Waals surface area contributed by atoms with E-state index in [1.54, 1.807) is 13.1 Å². The van der Waals surface area contributed by atoms with Crippen LogP contribution >= 0.6 is 15.9 Å². The van der Waals surface area contributed by atoms with Crippen molar-refractivity contribution in [3.63, 3.8) is 0 Å². The minimum absolute atomic E-state index is 0.138. The fraction of sp³-hybridized carbons (Fsp3) is 0.333. The molecule has 2 N–H and O–H groups in total. The van der Waals surface area contributed by atoms with Crippen LogP contribution in [0.3, 0.4) is 0 Å². The van der Waals surface area contributed by atoms with Gasteiger partial charge in [0.2, 0.25) is 5.91 Å². The van der Waals surface area contributed by atoms with Crippen LogP contribution in [-0.4, -0.2) is 42.0 Å². The number of nitrogen functional groups attached to an aromatic ring is 1. The molecule has 1 amide bonds. The van der Waals surface area contributed by atoms with Crippen LogP contribution in [-0.2, 0) is 4.79 Å². The lowest BCUT2D eigenvalue weighted by molar-refractivity contribution is -0.129. The summed E-state index contributed by atoms with van der Waals surface area (Å²) in [5, 5.41) is 0.955. The molecule has 0 spiro atoms. The van der Waals surface area contributed by atoms with Crippen molar-refractivity contribution in [2.45, 2.75) is 6.92 Å². The summed E-state index contributed by atoms with van der Waals surface area (Å²) >= 11 is 3.44. The first kappa shape index (κ1) is 14.1. The summed E-state index contributed by atoms with van der Waals surface area (Å²) in [7, 11) is 0. The van der Waals surface area contributed by atoms with E-state index in [-0.39, 0.29) is 5.91 Å². The van der Waals surface area contributed by atoms with Gasteiger partial charge in [0.1, 0.15) is 0 Å². The molecule has 1 aromatic heterocycles. The number of fused-ring (bicyclic) bond motifs is 1. The highest BCUT2D eigenvalue weighted by Gasteiger charge is 2.20. The van der Waals surface area contributed by atoms with E-state index in [0.717, 1.165) is 52.9 Å². The molecule has 0 radical (unpaired) electrons. The van der Waals surface area contributed by atoms with Crippen molar-refractivity contribution in [2.24, 2.45) is 0 Å². The lowest BCUT2D eigenvalue weighted by Crippen LogP contribution is -2.48. The van der Waals surface area contributed by atoms with Gasteiger partial charge in [-0.1, -0.05) is 0 Å². The highest BCUT2D eigenvalue weighted by Crippen LogP contribution is 2.31. The van der Waals surface area contributed by atoms with Crippen LogP contribution < -0.4 is 10.6 Å². The monoisotopic (exact) mass is 348 g/mol. The number of hydrogen-bond acceptors (Lipinski definition) is 4. The second-order valence-electron chi connectivity index (χ2n) is 5.22. The van der Waals surface area contributed by atoms with Crippen molar-refractivity contribution in [1.82, 2.24) is 9.88 Å². The number of piperazine rings is 1. The first-order chi connectivity index (χ1) is 10.1. The van der Waals surface area contributed by atoms with Gasteiger partial charge in [-0.2, -0.15) is 0 Å². The van der Waals surface area contributed by atoms with E-state index in [1.807, 2.05) is 23.1 Å². The fourth-order valence-electron chi connectivity index (χ4n) is 2.72. The minimum Gasteiger partial charge on any atom is -0.398 e. The molecule has 21 heavy (non-hydrogen) atoms. The van der Waals surface area contributed by atoms with Gasteiger partial charge in [0.25, 0.3) is 0 Å². The Hall–Kier alpha value is -1.82. The van der Waals surface area contributed by atoms with Crippen molar-refractivity contribution in [2.75, 3.05) is 36.8 Å². The van der Waals surface area contributed by atoms with E-state index in [2.05, 4.69) is 25.8 Å². The number of carbonyl (C=O) groups is 1. The molecule has 0 bridgehead atoms. The number of aromatic nitrogens is 1. The smallest absolute Gasteiger partial charge is 0.219 e. The summed E-state index contributed by atoms with van der Waals surface area (Å²) in [6.45, 7) is 4.75. The Morgan fingerprint density at radius 2 is 2.00 bits per heavy atom. The predicted molar refractivity (Wildman–Crippen MR) is 88.3 cm³/mol. The van der Waals surface area contributed by atoms with Crippen molar-refractivity contribution >= 4 is 44.1 Å². The lowest BCUT2D eigenvalue weighted by atomic mass is 10.1. The quantitative estimate of drug-likeness (QED) is 0.803. The average Bonchev–Trinajstić information content (AvgIpc) is 2.48. The molecule has 1 aliphatic heterocycles. The zero-order valence-electron chi connectivity index (χ0n) is 11.8. The van der Waals surface area contributed by atoms with E-state index in [9.17, 15) is 4.79 Å². The SMILES string of the molecule is CC(=O)N1CCN(c2ccc(N)c3cc(Br)cnc23)CC1. The standard InChI is InChI=1S/C15H17BrN4O/c1-10(21)19-4-6-20(7-5-19)14-3-2-13(17)12-8-11(16)9-18-15(12)14/h2-3,8-9H,4-7,17H2,1H3. The summed E-state index contributed by atoms with van der Waals surface area (Å²) in [5.41, 5.74) is 8.77. The van der Waals surface area contributed by atoms with Crippen LogP contribution in [0.5, 0.6) is 0 Å². The number of rotatable bonds is 1. The van der Waals surface area contributed by atoms with Crippen LogP contribution in [0.25, 0.3) is 10.9 Å². The van der Waals surface area contributed by atoms with Crippen LogP contribution in [0, 0.1) is 0 Å². The van der Waals surface area contributed by atoms with Crippen molar-refractivity contribution in [3.8, 4) is 0 Å². The second-order valence-corrected chi connectivity index (χ2v) is 6.13. The van der Waals surface area contributed by atoms with Gasteiger partial charge < -0.3 is 15.5 Å². The zero-order chi connectivity index (χ0) is 15.0. The first-order valence-electron chi connectivity index (χ1n) is 6.90. The number of amides is 1. The minimum atomic E-state index is 0.138. The highest BCUT2D eigenvalue weighted by atomic mass is 79.9. The number of pyridine rings is 1. The summed E-state index contributed by atoms with van der Waals surface area (Å²) < 4.78 is 0.917. The maximum atomic E-state index is 11.4. The normalized spacial score (nSPS) is 15.5. The van der Waals surface area contributed by atoms with Gasteiger partial charge in [-0.3, -0.25) is 9.78 Å². The molecule has 1 fully saturated rings.